The zero-order chi connectivity index (χ0) is 16.9. The van der Waals surface area contributed by atoms with Crippen molar-refractivity contribution in [3.05, 3.63) is 35.4 Å². The Labute approximate surface area is 144 Å². The van der Waals surface area contributed by atoms with Gasteiger partial charge >= 0.3 is 0 Å². The fourth-order valence-corrected chi connectivity index (χ4v) is 3.87. The lowest BCUT2D eigenvalue weighted by atomic mass is 10.0. The molecule has 1 amide bonds. The van der Waals surface area contributed by atoms with Gasteiger partial charge in [-0.1, -0.05) is 29.8 Å². The molecule has 3 rings (SSSR count). The molecule has 2 heterocycles. The number of aliphatic hydroxyl groups is 1. The first-order valence-corrected chi connectivity index (χ1v) is 8.93. The average Bonchev–Trinajstić information content (AvgIpc) is 2.98. The monoisotopic (exact) mass is 332 g/mol. The number of aliphatic hydroxyl groups excluding tert-OH is 1. The molecule has 2 aliphatic heterocycles. The van der Waals surface area contributed by atoms with Gasteiger partial charge in [0.05, 0.1) is 6.42 Å². The molecule has 2 fully saturated rings. The Morgan fingerprint density at radius 3 is 2.83 bits per heavy atom. The summed E-state index contributed by atoms with van der Waals surface area (Å²) >= 11 is 0. The Hall–Kier alpha value is -1.43. The number of benzene rings is 1. The molecular weight excluding hydrogens is 304 g/mol. The smallest absolute Gasteiger partial charge is 0.224 e. The van der Waals surface area contributed by atoms with E-state index in [4.69, 9.17) is 4.74 Å². The maximum Gasteiger partial charge on any atom is 0.224 e. The number of carbonyl (C=O) groups is 1. The van der Waals surface area contributed by atoms with Crippen molar-refractivity contribution in [2.45, 2.75) is 38.3 Å². The van der Waals surface area contributed by atoms with E-state index in [-0.39, 0.29) is 24.5 Å². The number of aryl methyl sites for hydroxylation is 1. The molecular formula is C19H28N2O3. The third-order valence-corrected chi connectivity index (χ3v) is 5.20. The van der Waals surface area contributed by atoms with Crippen molar-refractivity contribution in [2.24, 2.45) is 5.92 Å². The number of hydrogen-bond acceptors (Lipinski definition) is 4. The molecule has 0 spiro atoms. The molecule has 0 radical (unpaired) electrons. The number of nitrogens with zero attached hydrogens (tertiary/aromatic N) is 1. The largest absolute Gasteiger partial charge is 0.396 e. The molecule has 0 bridgehead atoms. The summed E-state index contributed by atoms with van der Waals surface area (Å²) in [6.45, 7) is 5.47. The minimum Gasteiger partial charge on any atom is -0.396 e. The normalized spacial score (nSPS) is 25.8. The van der Waals surface area contributed by atoms with E-state index in [0.29, 0.717) is 12.5 Å². The van der Waals surface area contributed by atoms with Gasteiger partial charge in [0, 0.05) is 50.9 Å². The molecule has 5 nitrogen and oxygen atoms in total. The second-order valence-electron chi connectivity index (χ2n) is 7.08. The number of carbonyl (C=O) groups excluding carboxylic acids is 1. The predicted octanol–water partition coefficient (Wildman–Crippen LogP) is 1.13. The second-order valence-corrected chi connectivity index (χ2v) is 7.08. The lowest BCUT2D eigenvalue weighted by Gasteiger charge is -2.31. The highest BCUT2D eigenvalue weighted by molar-refractivity contribution is 5.79. The summed E-state index contributed by atoms with van der Waals surface area (Å²) in [7, 11) is 0. The van der Waals surface area contributed by atoms with E-state index in [1.807, 2.05) is 31.2 Å². The van der Waals surface area contributed by atoms with E-state index >= 15 is 0 Å². The fraction of sp³-hybridized carbons (Fsp3) is 0.632. The first-order chi connectivity index (χ1) is 11.7. The Morgan fingerprint density at radius 1 is 1.33 bits per heavy atom. The predicted molar refractivity (Wildman–Crippen MR) is 92.8 cm³/mol. The van der Waals surface area contributed by atoms with Crippen LogP contribution in [0.3, 0.4) is 0 Å². The van der Waals surface area contributed by atoms with Gasteiger partial charge in [0.25, 0.3) is 0 Å². The van der Waals surface area contributed by atoms with Crippen LogP contribution in [-0.2, 0) is 16.0 Å². The van der Waals surface area contributed by atoms with Crippen LogP contribution in [0, 0.1) is 12.8 Å². The third-order valence-electron chi connectivity index (χ3n) is 5.20. The van der Waals surface area contributed by atoms with Gasteiger partial charge in [0.2, 0.25) is 5.91 Å². The van der Waals surface area contributed by atoms with E-state index < -0.39 is 0 Å². The molecule has 0 aromatic heterocycles. The van der Waals surface area contributed by atoms with Gasteiger partial charge in [-0.3, -0.25) is 9.69 Å². The van der Waals surface area contributed by atoms with Gasteiger partial charge in [0.15, 0.2) is 0 Å². The number of rotatable bonds is 5. The molecule has 1 aromatic rings. The molecule has 2 unspecified atom stereocenters. The van der Waals surface area contributed by atoms with Crippen LogP contribution in [-0.4, -0.2) is 60.9 Å². The van der Waals surface area contributed by atoms with E-state index in [0.717, 1.165) is 44.7 Å². The molecule has 2 N–H and O–H groups in total. The van der Waals surface area contributed by atoms with Gasteiger partial charge in [-0.05, 0) is 25.3 Å². The van der Waals surface area contributed by atoms with Gasteiger partial charge in [0.1, 0.15) is 0 Å². The Kier molecular flexibility index (Phi) is 5.87. The maximum absolute atomic E-state index is 12.4. The Bertz CT molecular complexity index is 557. The van der Waals surface area contributed by atoms with Crippen molar-refractivity contribution in [1.82, 2.24) is 10.2 Å². The topological polar surface area (TPSA) is 61.8 Å². The summed E-state index contributed by atoms with van der Waals surface area (Å²) in [5.41, 5.74) is 2.20. The van der Waals surface area contributed by atoms with Crippen LogP contribution < -0.4 is 5.32 Å². The van der Waals surface area contributed by atoms with Crippen LogP contribution in [0.25, 0.3) is 0 Å². The van der Waals surface area contributed by atoms with Crippen molar-refractivity contribution in [3.63, 3.8) is 0 Å². The zero-order valence-corrected chi connectivity index (χ0v) is 14.4. The maximum atomic E-state index is 12.4. The molecule has 1 aromatic carbocycles. The summed E-state index contributed by atoms with van der Waals surface area (Å²) in [5, 5.41) is 12.8. The lowest BCUT2D eigenvalue weighted by Crippen LogP contribution is -2.43. The van der Waals surface area contributed by atoms with Crippen molar-refractivity contribution in [1.29, 1.82) is 0 Å². The van der Waals surface area contributed by atoms with Crippen molar-refractivity contribution in [3.8, 4) is 0 Å². The van der Waals surface area contributed by atoms with E-state index in [9.17, 15) is 9.90 Å². The first-order valence-electron chi connectivity index (χ1n) is 8.93. The Balaban J connectivity index is 1.55. The molecule has 2 saturated heterocycles. The molecule has 2 atom stereocenters. The quantitative estimate of drug-likeness (QED) is 0.848. The summed E-state index contributed by atoms with van der Waals surface area (Å²) < 4.78 is 5.43. The van der Waals surface area contributed by atoms with E-state index in [1.54, 1.807) is 0 Å². The molecule has 5 heteroatoms. The average molecular weight is 332 g/mol. The number of hydrogen-bond donors (Lipinski definition) is 2. The van der Waals surface area contributed by atoms with E-state index in [2.05, 4.69) is 10.2 Å². The number of amides is 1. The first kappa shape index (κ1) is 17.4. The molecule has 2 aliphatic rings. The number of nitrogens with one attached hydrogen (secondary N) is 1. The van der Waals surface area contributed by atoms with Crippen molar-refractivity contribution >= 4 is 5.91 Å². The molecule has 132 valence electrons. The van der Waals surface area contributed by atoms with Crippen molar-refractivity contribution in [2.75, 3.05) is 32.9 Å². The van der Waals surface area contributed by atoms with Crippen LogP contribution >= 0.6 is 0 Å². The second kappa shape index (κ2) is 8.10. The van der Waals surface area contributed by atoms with Gasteiger partial charge in [-0.15, -0.1) is 0 Å². The summed E-state index contributed by atoms with van der Waals surface area (Å²) in [4.78, 5) is 14.8. The third kappa shape index (κ3) is 4.35. The highest BCUT2D eigenvalue weighted by Gasteiger charge is 2.36. The highest BCUT2D eigenvalue weighted by Crippen LogP contribution is 2.24. The summed E-state index contributed by atoms with van der Waals surface area (Å²) in [5.74, 6) is 0.159. The molecule has 0 aliphatic carbocycles. The van der Waals surface area contributed by atoms with Gasteiger partial charge in [-0.25, -0.2) is 0 Å². The minimum absolute atomic E-state index is 0.0372. The van der Waals surface area contributed by atoms with Crippen LogP contribution in [0.15, 0.2) is 24.3 Å². The molecule has 24 heavy (non-hydrogen) atoms. The van der Waals surface area contributed by atoms with Gasteiger partial charge < -0.3 is 15.2 Å². The van der Waals surface area contributed by atoms with E-state index in [1.165, 1.54) is 5.56 Å². The van der Waals surface area contributed by atoms with Crippen LogP contribution in [0.4, 0.5) is 0 Å². The van der Waals surface area contributed by atoms with Crippen LogP contribution in [0.1, 0.15) is 24.0 Å². The van der Waals surface area contributed by atoms with Crippen LogP contribution in [0.5, 0.6) is 0 Å². The standard InChI is InChI=1S/C19H28N2O3/c1-14-3-2-4-15(9-14)10-19(23)20-18-12-21(11-16(18)13-22)17-5-7-24-8-6-17/h2-4,9,16-18,22H,5-8,10-13H2,1H3,(H,20,23). The zero-order valence-electron chi connectivity index (χ0n) is 14.4. The van der Waals surface area contributed by atoms with Gasteiger partial charge in [-0.2, -0.15) is 0 Å². The summed E-state index contributed by atoms with van der Waals surface area (Å²) in [6, 6.07) is 8.61. The number of ether oxygens (including phenoxy) is 1. The minimum atomic E-state index is 0.0372. The fourth-order valence-electron chi connectivity index (χ4n) is 3.87. The highest BCUT2D eigenvalue weighted by atomic mass is 16.5. The van der Waals surface area contributed by atoms with Crippen LogP contribution in [0.2, 0.25) is 0 Å². The van der Waals surface area contributed by atoms with Crippen molar-refractivity contribution < 1.29 is 14.6 Å². The SMILES string of the molecule is Cc1cccc(CC(=O)NC2CN(C3CCOCC3)CC2CO)c1. The lowest BCUT2D eigenvalue weighted by molar-refractivity contribution is -0.121. The molecule has 0 saturated carbocycles. The number of likely N-dealkylation sites (tertiary alicyclic amines) is 1. The Morgan fingerprint density at radius 2 is 2.12 bits per heavy atom. The summed E-state index contributed by atoms with van der Waals surface area (Å²) in [6.07, 6.45) is 2.48.